The Hall–Kier alpha value is -1.38. The minimum absolute atomic E-state index is 0.204. The van der Waals surface area contributed by atoms with E-state index < -0.39 is 0 Å². The highest BCUT2D eigenvalue weighted by Gasteiger charge is 2.20. The van der Waals surface area contributed by atoms with Crippen LogP contribution in [-0.2, 0) is 9.59 Å². The topological polar surface area (TPSA) is 46.2 Å². The zero-order valence-electron chi connectivity index (χ0n) is 11.0. The molecule has 1 rings (SSSR count). The van der Waals surface area contributed by atoms with Gasteiger partial charge in [0.2, 0.25) is 11.8 Å². The molecule has 0 spiro atoms. The monoisotopic (exact) mass is 235 g/mol. The third-order valence-electron chi connectivity index (χ3n) is 3.20. The largest absolute Gasteiger partial charge is 0.296 e. The van der Waals surface area contributed by atoms with E-state index in [-0.39, 0.29) is 17.7 Å². The molecule has 1 N–H and O–H groups in total. The van der Waals surface area contributed by atoms with Crippen molar-refractivity contribution in [3.63, 3.8) is 0 Å². The molecule has 1 aliphatic rings. The van der Waals surface area contributed by atoms with Crippen LogP contribution in [0, 0.1) is 11.8 Å². The smallest absolute Gasteiger partial charge is 0.233 e. The zero-order chi connectivity index (χ0) is 13.0. The van der Waals surface area contributed by atoms with Crippen molar-refractivity contribution in [2.45, 2.75) is 40.5 Å². The first-order valence-electron chi connectivity index (χ1n) is 6.12. The standard InChI is InChI=1S/C14H21NO2/c1-9(2)12-5-7-13(8-6-12)10(3)14(17)15-11(4)16/h5,7,9-10H,6,8H2,1-4H3,(H,15,16,17). The second-order valence-corrected chi connectivity index (χ2v) is 4.90. The second-order valence-electron chi connectivity index (χ2n) is 4.90. The van der Waals surface area contributed by atoms with Gasteiger partial charge in [0.1, 0.15) is 0 Å². The number of hydrogen-bond donors (Lipinski definition) is 1. The highest BCUT2D eigenvalue weighted by Crippen LogP contribution is 2.27. The Balaban J connectivity index is 2.69. The first-order valence-corrected chi connectivity index (χ1v) is 6.12. The Bertz CT molecular complexity index is 378. The SMILES string of the molecule is CC(=O)NC(=O)C(C)C1=CC=C(C(C)C)CC1. The van der Waals surface area contributed by atoms with Crippen molar-refractivity contribution < 1.29 is 9.59 Å². The minimum atomic E-state index is -0.295. The molecule has 1 aliphatic carbocycles. The molecule has 94 valence electrons. The quantitative estimate of drug-likeness (QED) is 0.817. The van der Waals surface area contributed by atoms with Gasteiger partial charge in [0.15, 0.2) is 0 Å². The number of nitrogens with one attached hydrogen (secondary N) is 1. The summed E-state index contributed by atoms with van der Waals surface area (Å²) in [5.41, 5.74) is 2.53. The lowest BCUT2D eigenvalue weighted by Gasteiger charge is -2.20. The van der Waals surface area contributed by atoms with E-state index in [9.17, 15) is 9.59 Å². The Morgan fingerprint density at radius 3 is 2.06 bits per heavy atom. The van der Waals surface area contributed by atoms with Crippen LogP contribution in [-0.4, -0.2) is 11.8 Å². The first kappa shape index (κ1) is 13.7. The van der Waals surface area contributed by atoms with Crippen molar-refractivity contribution >= 4 is 11.8 Å². The van der Waals surface area contributed by atoms with E-state index in [0.717, 1.165) is 18.4 Å². The van der Waals surface area contributed by atoms with Gasteiger partial charge in [0.25, 0.3) is 0 Å². The molecular weight excluding hydrogens is 214 g/mol. The molecule has 3 heteroatoms. The fraction of sp³-hybridized carbons (Fsp3) is 0.571. The maximum absolute atomic E-state index is 11.7. The van der Waals surface area contributed by atoms with Gasteiger partial charge in [-0.15, -0.1) is 0 Å². The van der Waals surface area contributed by atoms with Gasteiger partial charge in [0.05, 0.1) is 5.92 Å². The van der Waals surface area contributed by atoms with Crippen molar-refractivity contribution in [3.8, 4) is 0 Å². The van der Waals surface area contributed by atoms with Crippen LogP contribution < -0.4 is 5.32 Å². The van der Waals surface area contributed by atoms with Crippen LogP contribution in [0.5, 0.6) is 0 Å². The molecule has 0 aromatic carbocycles. The van der Waals surface area contributed by atoms with Gasteiger partial charge in [-0.25, -0.2) is 0 Å². The lowest BCUT2D eigenvalue weighted by atomic mass is 9.86. The number of imide groups is 1. The van der Waals surface area contributed by atoms with Crippen molar-refractivity contribution in [1.29, 1.82) is 0 Å². The maximum Gasteiger partial charge on any atom is 0.233 e. The summed E-state index contributed by atoms with van der Waals surface area (Å²) in [7, 11) is 0. The van der Waals surface area contributed by atoms with Gasteiger partial charge in [-0.3, -0.25) is 14.9 Å². The third kappa shape index (κ3) is 3.84. The summed E-state index contributed by atoms with van der Waals surface area (Å²) < 4.78 is 0. The average Bonchev–Trinajstić information content (AvgIpc) is 2.27. The fourth-order valence-electron chi connectivity index (χ4n) is 1.96. The zero-order valence-corrected chi connectivity index (χ0v) is 11.0. The van der Waals surface area contributed by atoms with Gasteiger partial charge < -0.3 is 0 Å². The van der Waals surface area contributed by atoms with Crippen molar-refractivity contribution in [3.05, 3.63) is 23.3 Å². The molecule has 0 aliphatic heterocycles. The summed E-state index contributed by atoms with van der Waals surface area (Å²) in [6.07, 6.45) is 6.07. The van der Waals surface area contributed by atoms with E-state index >= 15 is 0 Å². The summed E-state index contributed by atoms with van der Waals surface area (Å²) >= 11 is 0. The molecule has 0 aromatic heterocycles. The molecule has 0 aromatic rings. The van der Waals surface area contributed by atoms with Crippen LogP contribution in [0.3, 0.4) is 0 Å². The molecule has 0 saturated heterocycles. The maximum atomic E-state index is 11.7. The summed E-state index contributed by atoms with van der Waals surface area (Å²) in [4.78, 5) is 22.5. The summed E-state index contributed by atoms with van der Waals surface area (Å²) in [5.74, 6) is -0.153. The van der Waals surface area contributed by atoms with Crippen molar-refractivity contribution in [2.75, 3.05) is 0 Å². The molecule has 3 nitrogen and oxygen atoms in total. The highest BCUT2D eigenvalue weighted by molar-refractivity contribution is 5.96. The number of hydrogen-bond acceptors (Lipinski definition) is 2. The number of carbonyl (C=O) groups is 2. The van der Waals surface area contributed by atoms with Crippen molar-refractivity contribution in [2.24, 2.45) is 11.8 Å². The third-order valence-corrected chi connectivity index (χ3v) is 3.20. The van der Waals surface area contributed by atoms with Gasteiger partial charge in [-0.1, -0.05) is 37.1 Å². The van der Waals surface area contributed by atoms with Crippen LogP contribution >= 0.6 is 0 Å². The fourth-order valence-corrected chi connectivity index (χ4v) is 1.96. The van der Waals surface area contributed by atoms with E-state index in [1.165, 1.54) is 12.5 Å². The molecule has 2 amide bonds. The predicted molar refractivity (Wildman–Crippen MR) is 68.2 cm³/mol. The summed E-state index contributed by atoms with van der Waals surface area (Å²) in [6.45, 7) is 7.56. The van der Waals surface area contributed by atoms with Gasteiger partial charge in [-0.05, 0) is 25.7 Å². The van der Waals surface area contributed by atoms with Gasteiger partial charge >= 0.3 is 0 Å². The van der Waals surface area contributed by atoms with Crippen molar-refractivity contribution in [1.82, 2.24) is 5.32 Å². The van der Waals surface area contributed by atoms with E-state index in [2.05, 4.69) is 25.2 Å². The molecule has 0 fully saturated rings. The van der Waals surface area contributed by atoms with E-state index in [1.54, 1.807) is 0 Å². The summed E-state index contributed by atoms with van der Waals surface area (Å²) in [6, 6.07) is 0. The first-order chi connectivity index (χ1) is 7.91. The lowest BCUT2D eigenvalue weighted by molar-refractivity contribution is -0.130. The molecule has 0 bridgehead atoms. The molecule has 1 unspecified atom stereocenters. The molecular formula is C14H21NO2. The number of allylic oxidation sites excluding steroid dienone is 3. The van der Waals surface area contributed by atoms with Gasteiger partial charge in [0, 0.05) is 6.92 Å². The number of carbonyl (C=O) groups excluding carboxylic acids is 2. The lowest BCUT2D eigenvalue weighted by Crippen LogP contribution is -2.33. The number of rotatable bonds is 3. The van der Waals surface area contributed by atoms with Crippen LogP contribution in [0.1, 0.15) is 40.5 Å². The van der Waals surface area contributed by atoms with Crippen LogP contribution in [0.2, 0.25) is 0 Å². The van der Waals surface area contributed by atoms with Crippen LogP contribution in [0.15, 0.2) is 23.3 Å². The Morgan fingerprint density at radius 2 is 1.65 bits per heavy atom. The Labute approximate surface area is 103 Å². The average molecular weight is 235 g/mol. The molecule has 0 radical (unpaired) electrons. The number of amides is 2. The molecule has 0 saturated carbocycles. The predicted octanol–water partition coefficient (Wildman–Crippen LogP) is 2.59. The second kappa shape index (κ2) is 5.80. The van der Waals surface area contributed by atoms with E-state index in [1.807, 2.05) is 13.0 Å². The van der Waals surface area contributed by atoms with Gasteiger partial charge in [-0.2, -0.15) is 0 Å². The van der Waals surface area contributed by atoms with Crippen LogP contribution in [0.25, 0.3) is 0 Å². The Kier molecular flexibility index (Phi) is 4.67. The molecule has 0 heterocycles. The van der Waals surface area contributed by atoms with E-state index in [0.29, 0.717) is 5.92 Å². The summed E-state index contributed by atoms with van der Waals surface area (Å²) in [5, 5.41) is 2.33. The Morgan fingerprint density at radius 1 is 1.12 bits per heavy atom. The van der Waals surface area contributed by atoms with E-state index in [4.69, 9.17) is 0 Å². The molecule has 1 atom stereocenters. The minimum Gasteiger partial charge on any atom is -0.296 e. The highest BCUT2D eigenvalue weighted by atomic mass is 16.2. The normalized spacial score (nSPS) is 17.2. The molecule has 17 heavy (non-hydrogen) atoms. The van der Waals surface area contributed by atoms with Crippen LogP contribution in [0.4, 0.5) is 0 Å².